The van der Waals surface area contributed by atoms with Crippen molar-refractivity contribution in [2.45, 2.75) is 0 Å². The van der Waals surface area contributed by atoms with E-state index in [-0.39, 0.29) is 17.1 Å². The summed E-state index contributed by atoms with van der Waals surface area (Å²) in [4.78, 5) is 14.0. The minimum Gasteiger partial charge on any atom is -0.496 e. The van der Waals surface area contributed by atoms with Gasteiger partial charge in [0.1, 0.15) is 23.5 Å². The van der Waals surface area contributed by atoms with E-state index in [1.807, 2.05) is 0 Å². The number of benzene rings is 1. The number of pyridine rings is 1. The highest BCUT2D eigenvalue weighted by molar-refractivity contribution is 5.84. The van der Waals surface area contributed by atoms with Crippen LogP contribution in [0.3, 0.4) is 0 Å². The Balaban J connectivity index is 2.66. The molecular formula is C12H10FN3O3. The van der Waals surface area contributed by atoms with Gasteiger partial charge in [0.05, 0.1) is 12.0 Å². The van der Waals surface area contributed by atoms with Crippen molar-refractivity contribution >= 4 is 11.4 Å². The number of nitrogens with two attached hydrogens (primary N) is 1. The van der Waals surface area contributed by atoms with Gasteiger partial charge in [-0.05, 0) is 12.1 Å². The van der Waals surface area contributed by atoms with Crippen LogP contribution in [0.25, 0.3) is 11.1 Å². The first-order valence-electron chi connectivity index (χ1n) is 5.26. The Bertz CT molecular complexity index is 646. The van der Waals surface area contributed by atoms with Gasteiger partial charge in [-0.3, -0.25) is 15.1 Å². The summed E-state index contributed by atoms with van der Waals surface area (Å²) in [5.41, 5.74) is 6.18. The van der Waals surface area contributed by atoms with Gasteiger partial charge in [-0.25, -0.2) is 4.39 Å². The molecule has 6 nitrogen and oxygen atoms in total. The SMILES string of the molecule is COc1cc(F)ccc1-c1cncc([N+](=O)[O-])c1N. The van der Waals surface area contributed by atoms with Crippen molar-refractivity contribution in [1.29, 1.82) is 0 Å². The Labute approximate surface area is 107 Å². The van der Waals surface area contributed by atoms with Crippen LogP contribution in [0.4, 0.5) is 15.8 Å². The molecule has 1 heterocycles. The maximum Gasteiger partial charge on any atom is 0.310 e. The first kappa shape index (κ1) is 12.7. The maximum absolute atomic E-state index is 13.1. The van der Waals surface area contributed by atoms with Crippen LogP contribution in [0.5, 0.6) is 5.75 Å². The predicted octanol–water partition coefficient (Wildman–Crippen LogP) is 2.39. The molecule has 0 saturated carbocycles. The second kappa shape index (κ2) is 4.89. The van der Waals surface area contributed by atoms with Crippen molar-refractivity contribution in [3.05, 3.63) is 46.5 Å². The minimum absolute atomic E-state index is 0.0371. The number of rotatable bonds is 3. The molecule has 2 N–H and O–H groups in total. The average Bonchev–Trinajstić information content (AvgIpc) is 2.39. The van der Waals surface area contributed by atoms with Crippen molar-refractivity contribution in [3.63, 3.8) is 0 Å². The number of halogens is 1. The predicted molar refractivity (Wildman–Crippen MR) is 67.2 cm³/mol. The van der Waals surface area contributed by atoms with Crippen molar-refractivity contribution in [2.24, 2.45) is 0 Å². The van der Waals surface area contributed by atoms with E-state index in [1.165, 1.54) is 31.5 Å². The highest BCUT2D eigenvalue weighted by Crippen LogP contribution is 2.37. The molecule has 2 aromatic rings. The van der Waals surface area contributed by atoms with Crippen LogP contribution < -0.4 is 10.5 Å². The van der Waals surface area contributed by atoms with E-state index >= 15 is 0 Å². The number of nitrogens with zero attached hydrogens (tertiary/aromatic N) is 2. The second-order valence-corrected chi connectivity index (χ2v) is 3.72. The highest BCUT2D eigenvalue weighted by atomic mass is 19.1. The second-order valence-electron chi connectivity index (χ2n) is 3.72. The molecule has 0 atom stereocenters. The van der Waals surface area contributed by atoms with Gasteiger partial charge in [0, 0.05) is 23.4 Å². The minimum atomic E-state index is -0.623. The van der Waals surface area contributed by atoms with Crippen LogP contribution in [0.2, 0.25) is 0 Å². The van der Waals surface area contributed by atoms with E-state index in [0.29, 0.717) is 11.1 Å². The number of nitro groups is 1. The van der Waals surface area contributed by atoms with Crippen LogP contribution in [0, 0.1) is 15.9 Å². The van der Waals surface area contributed by atoms with E-state index in [4.69, 9.17) is 10.5 Å². The normalized spacial score (nSPS) is 10.2. The molecular weight excluding hydrogens is 253 g/mol. The summed E-state index contributed by atoms with van der Waals surface area (Å²) in [6, 6.07) is 3.83. The fraction of sp³-hybridized carbons (Fsp3) is 0.0833. The Morgan fingerprint density at radius 1 is 1.37 bits per heavy atom. The molecule has 0 saturated heterocycles. The molecule has 0 radical (unpaired) electrons. The van der Waals surface area contributed by atoms with Gasteiger partial charge >= 0.3 is 5.69 Å². The van der Waals surface area contributed by atoms with E-state index in [1.54, 1.807) is 0 Å². The van der Waals surface area contributed by atoms with Gasteiger partial charge < -0.3 is 10.5 Å². The third-order valence-electron chi connectivity index (χ3n) is 2.62. The molecule has 0 fully saturated rings. The Hall–Kier alpha value is -2.70. The molecule has 2 rings (SSSR count). The van der Waals surface area contributed by atoms with Gasteiger partial charge in [0.15, 0.2) is 0 Å². The summed E-state index contributed by atoms with van der Waals surface area (Å²) in [6.07, 6.45) is 2.44. The van der Waals surface area contributed by atoms with E-state index in [2.05, 4.69) is 4.98 Å². The summed E-state index contributed by atoms with van der Waals surface area (Å²) in [7, 11) is 1.37. The summed E-state index contributed by atoms with van der Waals surface area (Å²) >= 11 is 0. The molecule has 0 aliphatic carbocycles. The number of anilines is 1. The van der Waals surface area contributed by atoms with E-state index in [9.17, 15) is 14.5 Å². The standard InChI is InChI=1S/C12H10FN3O3/c1-19-11-4-7(13)2-3-8(11)9-5-15-6-10(12(9)14)16(17)18/h2-6H,1H3,(H2,14,15). The highest BCUT2D eigenvalue weighted by Gasteiger charge is 2.18. The topological polar surface area (TPSA) is 91.3 Å². The van der Waals surface area contributed by atoms with Crippen LogP contribution in [-0.4, -0.2) is 17.0 Å². The summed E-state index contributed by atoms with van der Waals surface area (Å²) in [5, 5.41) is 10.8. The zero-order chi connectivity index (χ0) is 14.0. The molecule has 19 heavy (non-hydrogen) atoms. The molecule has 98 valence electrons. The number of hydrogen-bond donors (Lipinski definition) is 1. The van der Waals surface area contributed by atoms with Crippen LogP contribution in [0.1, 0.15) is 0 Å². The number of ether oxygens (including phenoxy) is 1. The smallest absolute Gasteiger partial charge is 0.310 e. The Kier molecular flexibility index (Phi) is 3.28. The molecule has 0 aliphatic heterocycles. The number of nitrogen functional groups attached to an aromatic ring is 1. The number of aromatic nitrogens is 1. The quantitative estimate of drug-likeness (QED) is 0.678. The average molecular weight is 263 g/mol. The molecule has 7 heteroatoms. The lowest BCUT2D eigenvalue weighted by atomic mass is 10.0. The van der Waals surface area contributed by atoms with Gasteiger partial charge in [-0.1, -0.05) is 0 Å². The summed E-state index contributed by atoms with van der Waals surface area (Å²) in [5.74, 6) is -0.244. The zero-order valence-corrected chi connectivity index (χ0v) is 9.96. The molecule has 0 bridgehead atoms. The summed E-state index contributed by atoms with van der Waals surface area (Å²) in [6.45, 7) is 0. The fourth-order valence-corrected chi connectivity index (χ4v) is 1.71. The largest absolute Gasteiger partial charge is 0.496 e. The lowest BCUT2D eigenvalue weighted by Gasteiger charge is -2.10. The van der Waals surface area contributed by atoms with Gasteiger partial charge in [-0.2, -0.15) is 0 Å². The molecule has 1 aromatic heterocycles. The maximum atomic E-state index is 13.1. The van der Waals surface area contributed by atoms with Gasteiger partial charge in [-0.15, -0.1) is 0 Å². The molecule has 0 aliphatic rings. The zero-order valence-electron chi connectivity index (χ0n) is 9.96. The molecule has 0 amide bonds. The van der Waals surface area contributed by atoms with Crippen molar-refractivity contribution in [2.75, 3.05) is 12.8 Å². The lowest BCUT2D eigenvalue weighted by Crippen LogP contribution is -2.00. The van der Waals surface area contributed by atoms with Crippen molar-refractivity contribution < 1.29 is 14.1 Å². The fourth-order valence-electron chi connectivity index (χ4n) is 1.71. The Morgan fingerprint density at radius 2 is 2.11 bits per heavy atom. The van der Waals surface area contributed by atoms with Crippen LogP contribution in [-0.2, 0) is 0 Å². The first-order valence-corrected chi connectivity index (χ1v) is 5.26. The van der Waals surface area contributed by atoms with Gasteiger partial charge in [0.2, 0.25) is 0 Å². The van der Waals surface area contributed by atoms with Crippen molar-refractivity contribution in [3.8, 4) is 16.9 Å². The molecule has 0 unspecified atom stereocenters. The lowest BCUT2D eigenvalue weighted by molar-refractivity contribution is -0.384. The third kappa shape index (κ3) is 2.30. The Morgan fingerprint density at radius 3 is 2.74 bits per heavy atom. The van der Waals surface area contributed by atoms with Crippen molar-refractivity contribution in [1.82, 2.24) is 4.98 Å². The molecule has 1 aromatic carbocycles. The molecule has 0 spiro atoms. The van der Waals surface area contributed by atoms with E-state index < -0.39 is 10.7 Å². The van der Waals surface area contributed by atoms with Crippen LogP contribution >= 0.6 is 0 Å². The first-order chi connectivity index (χ1) is 9.04. The summed E-state index contributed by atoms with van der Waals surface area (Å²) < 4.78 is 18.2. The number of hydrogen-bond acceptors (Lipinski definition) is 5. The monoisotopic (exact) mass is 263 g/mol. The number of methoxy groups -OCH3 is 1. The van der Waals surface area contributed by atoms with Gasteiger partial charge in [0.25, 0.3) is 0 Å². The van der Waals surface area contributed by atoms with Crippen LogP contribution in [0.15, 0.2) is 30.6 Å². The van der Waals surface area contributed by atoms with E-state index in [0.717, 1.165) is 6.20 Å². The third-order valence-corrected chi connectivity index (χ3v) is 2.62.